The fourth-order valence-electron chi connectivity index (χ4n) is 1.61. The Morgan fingerprint density at radius 3 is 2.20 bits per heavy atom. The van der Waals surface area contributed by atoms with Gasteiger partial charge in [-0.1, -0.05) is 20.8 Å². The van der Waals surface area contributed by atoms with Gasteiger partial charge in [-0.05, 0) is 26.2 Å². The second-order valence-corrected chi connectivity index (χ2v) is 7.65. The van der Waals surface area contributed by atoms with E-state index in [4.69, 9.17) is 22.8 Å². The lowest BCUT2D eigenvalue weighted by Crippen LogP contribution is -2.53. The van der Waals surface area contributed by atoms with Gasteiger partial charge in [0.1, 0.15) is 12.3 Å². The van der Waals surface area contributed by atoms with E-state index in [1.807, 2.05) is 0 Å². The Labute approximate surface area is 124 Å². The molecule has 0 N–H and O–H groups in total. The minimum Gasteiger partial charge on any atom is -0.374 e. The van der Waals surface area contributed by atoms with Crippen molar-refractivity contribution in [3.05, 3.63) is 0 Å². The van der Waals surface area contributed by atoms with Gasteiger partial charge in [0.05, 0.1) is 13.2 Å². The molecule has 20 heavy (non-hydrogen) atoms. The number of hydrogen-bond donors (Lipinski definition) is 0. The van der Waals surface area contributed by atoms with E-state index in [-0.39, 0.29) is 12.2 Å². The van der Waals surface area contributed by atoms with Crippen LogP contribution in [0.15, 0.2) is 0 Å². The molecule has 5 nitrogen and oxygen atoms in total. The fraction of sp³-hybridized carbons (Fsp3) is 1.00. The van der Waals surface area contributed by atoms with Crippen LogP contribution in [0.1, 0.15) is 47.0 Å². The molecule has 1 aliphatic heterocycles. The molecular weight excluding hydrogens is 276 g/mol. The minimum absolute atomic E-state index is 0.121. The van der Waals surface area contributed by atoms with Crippen LogP contribution in [0.5, 0.6) is 0 Å². The van der Waals surface area contributed by atoms with Gasteiger partial charge in [-0.3, -0.25) is 0 Å². The van der Waals surface area contributed by atoms with E-state index >= 15 is 0 Å². The number of hydrogen-bond acceptors (Lipinski definition) is 5. The van der Waals surface area contributed by atoms with Crippen molar-refractivity contribution >= 4 is 8.80 Å². The van der Waals surface area contributed by atoms with Gasteiger partial charge in [0.25, 0.3) is 0 Å². The van der Waals surface area contributed by atoms with E-state index in [2.05, 4.69) is 27.7 Å². The molecule has 0 spiro atoms. The van der Waals surface area contributed by atoms with Crippen molar-refractivity contribution in [1.82, 2.24) is 0 Å². The Morgan fingerprint density at radius 1 is 1.15 bits per heavy atom. The van der Waals surface area contributed by atoms with Gasteiger partial charge < -0.3 is 22.8 Å². The molecule has 2 atom stereocenters. The first-order valence-corrected chi connectivity index (χ1v) is 9.74. The summed E-state index contributed by atoms with van der Waals surface area (Å²) in [6, 6.07) is 0. The van der Waals surface area contributed by atoms with E-state index in [0.717, 1.165) is 25.9 Å². The molecule has 0 aromatic carbocycles. The molecule has 0 aromatic rings. The van der Waals surface area contributed by atoms with Gasteiger partial charge in [-0.2, -0.15) is 0 Å². The van der Waals surface area contributed by atoms with E-state index in [9.17, 15) is 0 Å². The monoisotopic (exact) mass is 306 g/mol. The smallest absolute Gasteiger partial charge is 0.374 e. The molecule has 0 saturated carbocycles. The Hall–Kier alpha value is 0.0169. The molecule has 0 amide bonds. The molecule has 2 unspecified atom stereocenters. The van der Waals surface area contributed by atoms with Gasteiger partial charge in [-0.25, -0.2) is 0 Å². The standard InChI is InChI=1S/C14H30O5Si/c1-5-8-17-20(18-9-6-2,19-13(4)7-3)12-15-10-14-11-16-14/h13-14H,5-12H2,1-4H3. The van der Waals surface area contributed by atoms with Gasteiger partial charge >= 0.3 is 8.80 Å². The Balaban J connectivity index is 2.55. The molecule has 0 aliphatic carbocycles. The summed E-state index contributed by atoms with van der Waals surface area (Å²) >= 11 is 0. The van der Waals surface area contributed by atoms with Crippen LogP contribution in [-0.2, 0) is 22.8 Å². The highest BCUT2D eigenvalue weighted by Gasteiger charge is 2.43. The van der Waals surface area contributed by atoms with Gasteiger partial charge in [0.2, 0.25) is 0 Å². The second-order valence-electron chi connectivity index (χ2n) is 5.19. The van der Waals surface area contributed by atoms with E-state index in [1.54, 1.807) is 0 Å². The first kappa shape index (κ1) is 18.1. The predicted molar refractivity (Wildman–Crippen MR) is 79.6 cm³/mol. The zero-order valence-corrected chi connectivity index (χ0v) is 14.4. The SMILES string of the molecule is CCCO[Si](COCC1CO1)(OCCC)OC(C)CC. The van der Waals surface area contributed by atoms with Crippen LogP contribution in [-0.4, -0.2) is 53.7 Å². The molecule has 1 saturated heterocycles. The maximum atomic E-state index is 6.12. The van der Waals surface area contributed by atoms with Crippen LogP contribution < -0.4 is 0 Å². The molecule has 0 aromatic heterocycles. The summed E-state index contributed by atoms with van der Waals surface area (Å²) in [5.74, 6) is 0. The Morgan fingerprint density at radius 2 is 1.75 bits per heavy atom. The summed E-state index contributed by atoms with van der Waals surface area (Å²) in [6.45, 7) is 11.0. The minimum atomic E-state index is -2.74. The van der Waals surface area contributed by atoms with E-state index in [0.29, 0.717) is 26.1 Å². The first-order valence-electron chi connectivity index (χ1n) is 7.80. The van der Waals surface area contributed by atoms with Crippen molar-refractivity contribution < 1.29 is 22.8 Å². The summed E-state index contributed by atoms with van der Waals surface area (Å²) in [4.78, 5) is 0. The third-order valence-corrected chi connectivity index (χ3v) is 5.60. The lowest BCUT2D eigenvalue weighted by molar-refractivity contribution is -0.000732. The lowest BCUT2D eigenvalue weighted by Gasteiger charge is -2.31. The summed E-state index contributed by atoms with van der Waals surface area (Å²) in [5.41, 5.74) is 0. The number of epoxide rings is 1. The van der Waals surface area contributed by atoms with E-state index < -0.39 is 8.80 Å². The summed E-state index contributed by atoms with van der Waals surface area (Å²) in [5, 5.41) is 0. The quantitative estimate of drug-likeness (QED) is 0.386. The van der Waals surface area contributed by atoms with Crippen molar-refractivity contribution in [1.29, 1.82) is 0 Å². The third kappa shape index (κ3) is 7.15. The molecule has 0 bridgehead atoms. The van der Waals surface area contributed by atoms with Crippen LogP contribution >= 0.6 is 0 Å². The van der Waals surface area contributed by atoms with Crippen molar-refractivity contribution in [2.75, 3.05) is 32.7 Å². The summed E-state index contributed by atoms with van der Waals surface area (Å²) < 4.78 is 29.0. The molecule has 1 heterocycles. The molecule has 6 heteroatoms. The highest BCUT2D eigenvalue weighted by Crippen LogP contribution is 2.17. The van der Waals surface area contributed by atoms with Crippen molar-refractivity contribution in [2.45, 2.75) is 59.2 Å². The van der Waals surface area contributed by atoms with Crippen molar-refractivity contribution in [3.8, 4) is 0 Å². The van der Waals surface area contributed by atoms with E-state index in [1.165, 1.54) is 0 Å². The van der Waals surface area contributed by atoms with Crippen molar-refractivity contribution in [3.63, 3.8) is 0 Å². The van der Waals surface area contributed by atoms with Crippen molar-refractivity contribution in [2.24, 2.45) is 0 Å². The van der Waals surface area contributed by atoms with Crippen LogP contribution in [0.3, 0.4) is 0 Å². The van der Waals surface area contributed by atoms with Gasteiger partial charge in [0.15, 0.2) is 0 Å². The van der Waals surface area contributed by atoms with Crippen LogP contribution in [0.2, 0.25) is 0 Å². The highest BCUT2D eigenvalue weighted by molar-refractivity contribution is 6.60. The molecule has 1 aliphatic rings. The largest absolute Gasteiger partial charge is 0.528 e. The molecule has 120 valence electrons. The highest BCUT2D eigenvalue weighted by atomic mass is 28.4. The maximum Gasteiger partial charge on any atom is 0.528 e. The van der Waals surface area contributed by atoms with Crippen LogP contribution in [0.25, 0.3) is 0 Å². The second kappa shape index (κ2) is 9.86. The molecule has 1 rings (SSSR count). The molecule has 1 fully saturated rings. The lowest BCUT2D eigenvalue weighted by atomic mass is 10.3. The fourth-order valence-corrected chi connectivity index (χ4v) is 4.24. The van der Waals surface area contributed by atoms with Gasteiger partial charge in [-0.15, -0.1) is 0 Å². The summed E-state index contributed by atoms with van der Waals surface area (Å²) in [6.07, 6.45) is 3.61. The topological polar surface area (TPSA) is 49.5 Å². The molecule has 0 radical (unpaired) electrons. The van der Waals surface area contributed by atoms with Crippen LogP contribution in [0, 0.1) is 0 Å². The normalized spacial score (nSPS) is 20.1. The number of rotatable bonds is 13. The average Bonchev–Trinajstić information content (AvgIpc) is 3.26. The molecular formula is C14H30O5Si. The first-order chi connectivity index (χ1) is 9.65. The zero-order chi connectivity index (χ0) is 14.8. The maximum absolute atomic E-state index is 6.12. The predicted octanol–water partition coefficient (Wildman–Crippen LogP) is 2.55. The zero-order valence-electron chi connectivity index (χ0n) is 13.4. The van der Waals surface area contributed by atoms with Gasteiger partial charge in [0, 0.05) is 19.3 Å². The third-order valence-electron chi connectivity index (χ3n) is 2.99. The number of ether oxygens (including phenoxy) is 2. The summed E-state index contributed by atoms with van der Waals surface area (Å²) in [7, 11) is -2.74. The Bertz CT molecular complexity index is 240. The van der Waals surface area contributed by atoms with Crippen LogP contribution in [0.4, 0.5) is 0 Å². The Kier molecular flexibility index (Phi) is 8.91. The average molecular weight is 306 g/mol.